The lowest BCUT2D eigenvalue weighted by molar-refractivity contribution is 0.148. The first kappa shape index (κ1) is 19.6. The molecule has 0 fully saturated rings. The van der Waals surface area contributed by atoms with E-state index in [1.807, 2.05) is 37.3 Å². The number of hydrogen-bond donors (Lipinski definition) is 1. The van der Waals surface area contributed by atoms with Gasteiger partial charge in [-0.15, -0.1) is 10.2 Å². The highest BCUT2D eigenvalue weighted by Gasteiger charge is 2.26. The molecule has 27 heavy (non-hydrogen) atoms. The van der Waals surface area contributed by atoms with Crippen molar-refractivity contribution < 1.29 is 9.52 Å². The Hall–Kier alpha value is -2.20. The summed E-state index contributed by atoms with van der Waals surface area (Å²) in [7, 11) is 0. The Morgan fingerprint density at radius 1 is 1.22 bits per heavy atom. The highest BCUT2D eigenvalue weighted by atomic mass is 79.9. The van der Waals surface area contributed by atoms with E-state index in [2.05, 4.69) is 31.0 Å². The van der Waals surface area contributed by atoms with E-state index in [0.29, 0.717) is 28.9 Å². The molecule has 0 radical (unpaired) electrons. The fourth-order valence-corrected chi connectivity index (χ4v) is 3.30. The molecular formula is C20H17BrClN3O2. The van der Waals surface area contributed by atoms with Crippen molar-refractivity contribution in [1.29, 1.82) is 0 Å². The second-order valence-corrected chi connectivity index (χ2v) is 7.59. The van der Waals surface area contributed by atoms with Crippen molar-refractivity contribution >= 4 is 33.2 Å². The van der Waals surface area contributed by atoms with Crippen LogP contribution in [0.3, 0.4) is 0 Å². The molecule has 7 heteroatoms. The molecule has 0 bridgehead atoms. The largest absolute Gasteiger partial charge is 0.420 e. The molecule has 0 amide bonds. The average Bonchev–Trinajstić information content (AvgIpc) is 3.13. The summed E-state index contributed by atoms with van der Waals surface area (Å²) >= 11 is 9.67. The van der Waals surface area contributed by atoms with Crippen molar-refractivity contribution in [2.24, 2.45) is 0 Å². The number of benzene rings is 2. The van der Waals surface area contributed by atoms with Crippen LogP contribution in [0.2, 0.25) is 5.02 Å². The molecule has 2 atom stereocenters. The van der Waals surface area contributed by atoms with Gasteiger partial charge in [0, 0.05) is 10.0 Å². The highest BCUT2D eigenvalue weighted by Crippen LogP contribution is 2.34. The van der Waals surface area contributed by atoms with Crippen LogP contribution in [0.5, 0.6) is 0 Å². The minimum absolute atomic E-state index is 0.368. The normalized spacial score (nSPS) is 13.2. The predicted molar refractivity (Wildman–Crippen MR) is 108 cm³/mol. The molecule has 1 N–H and O–H groups in total. The molecule has 2 aromatic carbocycles. The Labute approximate surface area is 171 Å². The summed E-state index contributed by atoms with van der Waals surface area (Å²) in [5.41, 5.74) is 2.98. The summed E-state index contributed by atoms with van der Waals surface area (Å²) in [6.45, 7) is 10.7. The van der Waals surface area contributed by atoms with Gasteiger partial charge < -0.3 is 9.52 Å². The van der Waals surface area contributed by atoms with Crippen LogP contribution >= 0.6 is 27.5 Å². The molecule has 0 unspecified atom stereocenters. The van der Waals surface area contributed by atoms with Gasteiger partial charge in [0.2, 0.25) is 17.5 Å². The first-order valence-electron chi connectivity index (χ1n) is 8.33. The van der Waals surface area contributed by atoms with E-state index < -0.39 is 6.10 Å². The van der Waals surface area contributed by atoms with Gasteiger partial charge in [0.05, 0.1) is 23.6 Å². The summed E-state index contributed by atoms with van der Waals surface area (Å²) in [4.78, 5) is 3.41. The Morgan fingerprint density at radius 3 is 2.56 bits per heavy atom. The van der Waals surface area contributed by atoms with E-state index in [4.69, 9.17) is 22.6 Å². The van der Waals surface area contributed by atoms with Gasteiger partial charge in [0.25, 0.3) is 0 Å². The first-order chi connectivity index (χ1) is 12.9. The summed E-state index contributed by atoms with van der Waals surface area (Å²) in [6.07, 6.45) is -0.217. The van der Waals surface area contributed by atoms with Crippen molar-refractivity contribution in [1.82, 2.24) is 10.2 Å². The number of aliphatic hydroxyl groups excluding tert-OH is 1. The summed E-state index contributed by atoms with van der Waals surface area (Å²) in [6, 6.07) is 11.1. The fourth-order valence-electron chi connectivity index (χ4n) is 2.81. The van der Waals surface area contributed by atoms with Crippen molar-refractivity contribution in [2.75, 3.05) is 0 Å². The third-order valence-electron chi connectivity index (χ3n) is 4.47. The molecule has 5 nitrogen and oxygen atoms in total. The maximum absolute atomic E-state index is 10.3. The molecule has 1 heterocycles. The predicted octanol–water partition coefficient (Wildman–Crippen LogP) is 5.72. The van der Waals surface area contributed by atoms with Gasteiger partial charge in [0.1, 0.15) is 0 Å². The number of aromatic nitrogens is 2. The van der Waals surface area contributed by atoms with Crippen molar-refractivity contribution in [3.63, 3.8) is 0 Å². The molecule has 0 aliphatic rings. The second kappa shape index (κ2) is 8.22. The Morgan fingerprint density at radius 2 is 1.93 bits per heavy atom. The maximum atomic E-state index is 10.3. The van der Waals surface area contributed by atoms with Crippen molar-refractivity contribution in [3.05, 3.63) is 74.3 Å². The SMILES string of the molecule is [C-]#[N+]c1ccc(C[C@@H](c2nnc(-c3ccc(Br)cc3)o2)[C@H](C)O)c(C)c1Cl. The van der Waals surface area contributed by atoms with Gasteiger partial charge in [-0.1, -0.05) is 39.7 Å². The summed E-state index contributed by atoms with van der Waals surface area (Å²) in [5.74, 6) is 0.393. The highest BCUT2D eigenvalue weighted by molar-refractivity contribution is 9.10. The zero-order valence-corrected chi connectivity index (χ0v) is 17.1. The Bertz CT molecular complexity index is 993. The van der Waals surface area contributed by atoms with Gasteiger partial charge in [0.15, 0.2) is 0 Å². The monoisotopic (exact) mass is 445 g/mol. The third kappa shape index (κ3) is 4.22. The summed E-state index contributed by atoms with van der Waals surface area (Å²) in [5, 5.41) is 19.0. The van der Waals surface area contributed by atoms with E-state index in [1.165, 1.54) is 0 Å². The van der Waals surface area contributed by atoms with Gasteiger partial charge >= 0.3 is 0 Å². The van der Waals surface area contributed by atoms with Crippen LogP contribution in [0.15, 0.2) is 45.3 Å². The molecule has 1 aromatic heterocycles. The minimum atomic E-state index is -0.693. The first-order valence-corrected chi connectivity index (χ1v) is 9.50. The number of halogens is 2. The van der Waals surface area contributed by atoms with Gasteiger partial charge in [-0.2, -0.15) is 0 Å². The fraction of sp³-hybridized carbons (Fsp3) is 0.250. The zero-order valence-electron chi connectivity index (χ0n) is 14.8. The van der Waals surface area contributed by atoms with Crippen LogP contribution in [-0.4, -0.2) is 21.4 Å². The smallest absolute Gasteiger partial charge is 0.247 e. The molecule has 0 spiro atoms. The van der Waals surface area contributed by atoms with Crippen molar-refractivity contribution in [3.8, 4) is 11.5 Å². The van der Waals surface area contributed by atoms with E-state index in [9.17, 15) is 5.11 Å². The van der Waals surface area contributed by atoms with E-state index in [1.54, 1.807) is 13.0 Å². The van der Waals surface area contributed by atoms with Gasteiger partial charge in [-0.25, -0.2) is 4.85 Å². The number of hydrogen-bond acceptors (Lipinski definition) is 4. The topological polar surface area (TPSA) is 63.5 Å². The molecule has 3 aromatic rings. The molecule has 0 aliphatic heterocycles. The number of rotatable bonds is 5. The van der Waals surface area contributed by atoms with Crippen LogP contribution < -0.4 is 0 Å². The quantitative estimate of drug-likeness (QED) is 0.509. The molecule has 138 valence electrons. The third-order valence-corrected chi connectivity index (χ3v) is 5.48. The second-order valence-electron chi connectivity index (χ2n) is 6.30. The maximum Gasteiger partial charge on any atom is 0.247 e. The molecule has 3 rings (SSSR count). The van der Waals surface area contributed by atoms with Gasteiger partial charge in [-0.05, 0) is 55.7 Å². The molecule has 0 aliphatic carbocycles. The average molecular weight is 447 g/mol. The van der Waals surface area contributed by atoms with E-state index in [0.717, 1.165) is 21.2 Å². The minimum Gasteiger partial charge on any atom is -0.420 e. The van der Waals surface area contributed by atoms with Gasteiger partial charge in [-0.3, -0.25) is 0 Å². The molecule has 0 saturated heterocycles. The van der Waals surface area contributed by atoms with E-state index in [-0.39, 0.29) is 5.92 Å². The van der Waals surface area contributed by atoms with Crippen LogP contribution in [-0.2, 0) is 6.42 Å². The molecule has 0 saturated carbocycles. The van der Waals surface area contributed by atoms with E-state index >= 15 is 0 Å². The van der Waals surface area contributed by atoms with Crippen LogP contribution in [0, 0.1) is 13.5 Å². The van der Waals surface area contributed by atoms with Crippen LogP contribution in [0.4, 0.5) is 5.69 Å². The zero-order chi connectivity index (χ0) is 19.6. The Kier molecular flexibility index (Phi) is 5.95. The molecular weight excluding hydrogens is 430 g/mol. The number of nitrogens with zero attached hydrogens (tertiary/aromatic N) is 3. The van der Waals surface area contributed by atoms with Crippen LogP contribution in [0.25, 0.3) is 16.3 Å². The van der Waals surface area contributed by atoms with Crippen molar-refractivity contribution in [2.45, 2.75) is 32.3 Å². The summed E-state index contributed by atoms with van der Waals surface area (Å²) < 4.78 is 6.80. The Balaban J connectivity index is 1.90. The number of aliphatic hydroxyl groups is 1. The standard InChI is InChI=1S/C20H17BrClN3O2/c1-11-14(6-9-17(23-3)18(11)22)10-16(12(2)26)20-25-24-19(27-20)13-4-7-15(21)8-5-13/h4-9,12,16,26H,10H2,1-2H3/t12-,16+/m0/s1. The lowest BCUT2D eigenvalue weighted by Gasteiger charge is -2.18. The lowest BCUT2D eigenvalue weighted by atomic mass is 9.92. The van der Waals surface area contributed by atoms with Crippen LogP contribution in [0.1, 0.15) is 29.9 Å². The lowest BCUT2D eigenvalue weighted by Crippen LogP contribution is -2.18.